The van der Waals surface area contributed by atoms with Gasteiger partial charge in [-0.05, 0) is 41.4 Å². The van der Waals surface area contributed by atoms with Crippen LogP contribution in [0.4, 0.5) is 0 Å². The van der Waals surface area contributed by atoms with E-state index in [4.69, 9.17) is 23.2 Å². The maximum atomic E-state index is 6.35. The van der Waals surface area contributed by atoms with Gasteiger partial charge < -0.3 is 0 Å². The van der Waals surface area contributed by atoms with E-state index in [2.05, 4.69) is 45.9 Å². The molecule has 0 aliphatic rings. The van der Waals surface area contributed by atoms with Crippen molar-refractivity contribution in [2.24, 2.45) is 5.92 Å². The number of alkyl halides is 1. The molecule has 0 radical (unpaired) electrons. The van der Waals surface area contributed by atoms with Gasteiger partial charge in [0.2, 0.25) is 0 Å². The highest BCUT2D eigenvalue weighted by Gasteiger charge is 2.19. The van der Waals surface area contributed by atoms with Crippen molar-refractivity contribution in [3.63, 3.8) is 0 Å². The second-order valence-corrected chi connectivity index (χ2v) is 6.22. The number of benzene rings is 1. The van der Waals surface area contributed by atoms with Crippen LogP contribution in [0.25, 0.3) is 0 Å². The normalized spacial score (nSPS) is 13.8. The SMILES string of the molecule is CCC(C)(C)c1ccc(CC(C)CCl)c(Cl)c1. The molecule has 0 fully saturated rings. The van der Waals surface area contributed by atoms with Crippen LogP contribution in [0, 0.1) is 5.92 Å². The van der Waals surface area contributed by atoms with Crippen molar-refractivity contribution in [1.82, 2.24) is 0 Å². The Kier molecular flexibility index (Phi) is 5.34. The molecule has 0 spiro atoms. The van der Waals surface area contributed by atoms with Crippen LogP contribution in [0.15, 0.2) is 18.2 Å². The standard InChI is InChI=1S/C15H22Cl2/c1-5-15(3,4)13-7-6-12(14(17)9-13)8-11(2)10-16/h6-7,9,11H,5,8,10H2,1-4H3. The molecule has 0 saturated carbocycles. The van der Waals surface area contributed by atoms with E-state index >= 15 is 0 Å². The first kappa shape index (κ1) is 14.9. The number of halogens is 2. The Morgan fingerprint density at radius 3 is 2.41 bits per heavy atom. The Morgan fingerprint density at radius 2 is 1.94 bits per heavy atom. The van der Waals surface area contributed by atoms with Gasteiger partial charge in [-0.15, -0.1) is 11.6 Å². The van der Waals surface area contributed by atoms with E-state index in [-0.39, 0.29) is 5.41 Å². The minimum atomic E-state index is 0.195. The zero-order valence-corrected chi connectivity index (χ0v) is 12.7. The smallest absolute Gasteiger partial charge is 0.0441 e. The molecule has 17 heavy (non-hydrogen) atoms. The summed E-state index contributed by atoms with van der Waals surface area (Å²) in [6.07, 6.45) is 2.07. The molecule has 0 N–H and O–H groups in total. The second-order valence-electron chi connectivity index (χ2n) is 5.51. The second kappa shape index (κ2) is 6.11. The summed E-state index contributed by atoms with van der Waals surface area (Å²) in [5.74, 6) is 1.15. The fourth-order valence-electron chi connectivity index (χ4n) is 1.77. The highest BCUT2D eigenvalue weighted by molar-refractivity contribution is 6.31. The van der Waals surface area contributed by atoms with Gasteiger partial charge in [-0.1, -0.05) is 51.4 Å². The maximum Gasteiger partial charge on any atom is 0.0441 e. The highest BCUT2D eigenvalue weighted by atomic mass is 35.5. The first-order chi connectivity index (χ1) is 7.90. The van der Waals surface area contributed by atoms with Crippen LogP contribution in [0.2, 0.25) is 5.02 Å². The molecule has 0 nitrogen and oxygen atoms in total. The number of rotatable bonds is 5. The van der Waals surface area contributed by atoms with E-state index in [0.717, 1.165) is 17.9 Å². The molecule has 1 aromatic rings. The summed E-state index contributed by atoms with van der Waals surface area (Å²) >= 11 is 12.2. The van der Waals surface area contributed by atoms with Gasteiger partial charge in [0.15, 0.2) is 0 Å². The van der Waals surface area contributed by atoms with Crippen LogP contribution in [0.1, 0.15) is 45.2 Å². The fourth-order valence-corrected chi connectivity index (χ4v) is 2.13. The van der Waals surface area contributed by atoms with Crippen molar-refractivity contribution in [3.8, 4) is 0 Å². The molecule has 1 atom stereocenters. The summed E-state index contributed by atoms with van der Waals surface area (Å²) in [4.78, 5) is 0. The van der Waals surface area contributed by atoms with Gasteiger partial charge in [-0.25, -0.2) is 0 Å². The summed E-state index contributed by atoms with van der Waals surface area (Å²) in [6, 6.07) is 6.46. The summed E-state index contributed by atoms with van der Waals surface area (Å²) < 4.78 is 0. The van der Waals surface area contributed by atoms with Crippen molar-refractivity contribution < 1.29 is 0 Å². The minimum Gasteiger partial charge on any atom is -0.126 e. The van der Waals surface area contributed by atoms with Crippen molar-refractivity contribution in [1.29, 1.82) is 0 Å². The van der Waals surface area contributed by atoms with Gasteiger partial charge in [-0.3, -0.25) is 0 Å². The van der Waals surface area contributed by atoms with E-state index in [9.17, 15) is 0 Å². The van der Waals surface area contributed by atoms with E-state index in [0.29, 0.717) is 11.8 Å². The third-order valence-electron chi connectivity index (χ3n) is 3.55. The Morgan fingerprint density at radius 1 is 1.29 bits per heavy atom. The average Bonchev–Trinajstić information content (AvgIpc) is 2.31. The summed E-state index contributed by atoms with van der Waals surface area (Å²) in [5, 5.41) is 0.876. The predicted molar refractivity (Wildman–Crippen MR) is 78.4 cm³/mol. The van der Waals surface area contributed by atoms with Crippen LogP contribution >= 0.6 is 23.2 Å². The van der Waals surface area contributed by atoms with Gasteiger partial charge in [0, 0.05) is 10.9 Å². The lowest BCUT2D eigenvalue weighted by Gasteiger charge is -2.24. The van der Waals surface area contributed by atoms with Crippen molar-refractivity contribution in [2.45, 2.75) is 46.0 Å². The first-order valence-corrected chi connectivity index (χ1v) is 7.16. The third kappa shape index (κ3) is 3.89. The zero-order chi connectivity index (χ0) is 13.1. The molecule has 1 rings (SSSR count). The Bertz CT molecular complexity index is 369. The Labute approximate surface area is 115 Å². The lowest BCUT2D eigenvalue weighted by atomic mass is 9.82. The number of hydrogen-bond acceptors (Lipinski definition) is 0. The predicted octanol–water partition coefficient (Wildman–Crippen LogP) is 5.45. The highest BCUT2D eigenvalue weighted by Crippen LogP contribution is 2.30. The van der Waals surface area contributed by atoms with Crippen LogP contribution in [-0.2, 0) is 11.8 Å². The molecule has 0 amide bonds. The largest absolute Gasteiger partial charge is 0.126 e. The molecule has 0 heterocycles. The number of hydrogen-bond donors (Lipinski definition) is 0. The zero-order valence-electron chi connectivity index (χ0n) is 11.2. The van der Waals surface area contributed by atoms with E-state index in [1.165, 1.54) is 11.1 Å². The van der Waals surface area contributed by atoms with Gasteiger partial charge in [0.05, 0.1) is 0 Å². The molecule has 0 aliphatic carbocycles. The summed E-state index contributed by atoms with van der Waals surface area (Å²) in [6.45, 7) is 8.85. The molecule has 0 bridgehead atoms. The minimum absolute atomic E-state index is 0.195. The summed E-state index contributed by atoms with van der Waals surface area (Å²) in [7, 11) is 0. The van der Waals surface area contributed by atoms with Gasteiger partial charge in [-0.2, -0.15) is 0 Å². The molecule has 1 aromatic carbocycles. The van der Waals surface area contributed by atoms with Crippen molar-refractivity contribution >= 4 is 23.2 Å². The molecule has 96 valence electrons. The van der Waals surface area contributed by atoms with E-state index in [1.54, 1.807) is 0 Å². The van der Waals surface area contributed by atoms with E-state index < -0.39 is 0 Å². The van der Waals surface area contributed by atoms with Gasteiger partial charge in [0.1, 0.15) is 0 Å². The van der Waals surface area contributed by atoms with Crippen LogP contribution in [-0.4, -0.2) is 5.88 Å². The Balaban J connectivity index is 2.94. The lowest BCUT2D eigenvalue weighted by Crippen LogP contribution is -2.15. The molecule has 0 aromatic heterocycles. The lowest BCUT2D eigenvalue weighted by molar-refractivity contribution is 0.506. The maximum absolute atomic E-state index is 6.35. The third-order valence-corrected chi connectivity index (χ3v) is 4.43. The molecule has 1 unspecified atom stereocenters. The van der Waals surface area contributed by atoms with Crippen LogP contribution in [0.5, 0.6) is 0 Å². The first-order valence-electron chi connectivity index (χ1n) is 6.25. The van der Waals surface area contributed by atoms with Gasteiger partial charge in [0.25, 0.3) is 0 Å². The molecular formula is C15H22Cl2. The molecular weight excluding hydrogens is 251 g/mol. The van der Waals surface area contributed by atoms with E-state index in [1.807, 2.05) is 0 Å². The van der Waals surface area contributed by atoms with Crippen molar-refractivity contribution in [2.75, 3.05) is 5.88 Å². The van der Waals surface area contributed by atoms with Crippen LogP contribution in [0.3, 0.4) is 0 Å². The van der Waals surface area contributed by atoms with Gasteiger partial charge >= 0.3 is 0 Å². The monoisotopic (exact) mass is 272 g/mol. The summed E-state index contributed by atoms with van der Waals surface area (Å²) in [5.41, 5.74) is 2.71. The molecule has 0 aliphatic heterocycles. The quantitative estimate of drug-likeness (QED) is 0.626. The Hall–Kier alpha value is -0.200. The molecule has 2 heteroatoms. The topological polar surface area (TPSA) is 0 Å². The average molecular weight is 273 g/mol. The molecule has 0 saturated heterocycles. The van der Waals surface area contributed by atoms with Crippen molar-refractivity contribution in [3.05, 3.63) is 34.3 Å². The fraction of sp³-hybridized carbons (Fsp3) is 0.600. The van der Waals surface area contributed by atoms with Crippen LogP contribution < -0.4 is 0 Å².